The molecule has 55 valence electrons. The van der Waals surface area contributed by atoms with Crippen molar-refractivity contribution < 1.29 is 13.2 Å². The van der Waals surface area contributed by atoms with Gasteiger partial charge in [0.25, 0.3) is 0 Å². The van der Waals surface area contributed by atoms with E-state index in [1.807, 2.05) is 0 Å². The van der Waals surface area contributed by atoms with Gasteiger partial charge in [0, 0.05) is 10.9 Å². The van der Waals surface area contributed by atoms with Crippen molar-refractivity contribution in [2.45, 2.75) is 13.1 Å². The third-order valence-corrected chi connectivity index (χ3v) is 1.92. The Hall–Kier alpha value is -0.510. The lowest BCUT2D eigenvalue weighted by Crippen LogP contribution is -2.00. The first-order chi connectivity index (χ1) is 4.50. The molecule has 0 aliphatic carbocycles. The molecular formula is C6H4F3S. The Morgan fingerprint density at radius 1 is 1.50 bits per heavy atom. The predicted octanol–water partition coefficient (Wildman–Crippen LogP) is 2.88. The van der Waals surface area contributed by atoms with E-state index in [1.165, 1.54) is 6.07 Å². The Labute approximate surface area is 60.3 Å². The second-order valence-corrected chi connectivity index (χ2v) is 3.08. The van der Waals surface area contributed by atoms with Gasteiger partial charge in [-0.25, -0.2) is 0 Å². The standard InChI is InChI=1S/C6H4F3S/c1-4-2-3-5(10-4)6(7,8)9/h2H,1H3. The molecule has 0 aliphatic heterocycles. The van der Waals surface area contributed by atoms with Crippen LogP contribution in [0.25, 0.3) is 0 Å². The maximum atomic E-state index is 11.8. The van der Waals surface area contributed by atoms with Crippen LogP contribution in [0, 0.1) is 13.0 Å². The first kappa shape index (κ1) is 7.60. The van der Waals surface area contributed by atoms with E-state index in [-0.39, 0.29) is 0 Å². The summed E-state index contributed by atoms with van der Waals surface area (Å²) in [7, 11) is 0. The molecule has 0 amide bonds. The zero-order chi connectivity index (χ0) is 7.78. The molecule has 0 aromatic carbocycles. The lowest BCUT2D eigenvalue weighted by molar-refractivity contribution is -0.134. The van der Waals surface area contributed by atoms with Gasteiger partial charge in [-0.2, -0.15) is 13.2 Å². The Morgan fingerprint density at radius 3 is 2.30 bits per heavy atom. The van der Waals surface area contributed by atoms with E-state index in [0.717, 1.165) is 0 Å². The Bertz CT molecular complexity index is 223. The Balaban J connectivity index is 2.96. The number of aryl methyl sites for hydroxylation is 1. The minimum atomic E-state index is -4.22. The average molecular weight is 165 g/mol. The van der Waals surface area contributed by atoms with Crippen LogP contribution in [0.2, 0.25) is 0 Å². The molecule has 0 spiro atoms. The number of rotatable bonds is 0. The lowest BCUT2D eigenvalue weighted by Gasteiger charge is -1.99. The normalized spacial score (nSPS) is 12.0. The van der Waals surface area contributed by atoms with Gasteiger partial charge < -0.3 is 0 Å². The summed E-state index contributed by atoms with van der Waals surface area (Å²) in [6.07, 6.45) is -4.22. The molecule has 0 saturated carbocycles. The van der Waals surface area contributed by atoms with E-state index in [9.17, 15) is 13.2 Å². The van der Waals surface area contributed by atoms with Crippen LogP contribution < -0.4 is 0 Å². The molecule has 4 heteroatoms. The molecule has 0 saturated heterocycles. The van der Waals surface area contributed by atoms with Gasteiger partial charge in [0.1, 0.15) is 4.88 Å². The van der Waals surface area contributed by atoms with Crippen molar-refractivity contribution in [1.29, 1.82) is 0 Å². The molecule has 1 heterocycles. The predicted molar refractivity (Wildman–Crippen MR) is 32.9 cm³/mol. The highest BCUT2D eigenvalue weighted by Gasteiger charge is 2.32. The van der Waals surface area contributed by atoms with Gasteiger partial charge in [0.2, 0.25) is 0 Å². The van der Waals surface area contributed by atoms with Crippen molar-refractivity contribution in [2.75, 3.05) is 0 Å². The van der Waals surface area contributed by atoms with E-state index in [2.05, 4.69) is 6.07 Å². The quantitative estimate of drug-likeness (QED) is 0.554. The maximum Gasteiger partial charge on any atom is 0.426 e. The summed E-state index contributed by atoms with van der Waals surface area (Å²) < 4.78 is 35.3. The van der Waals surface area contributed by atoms with Crippen molar-refractivity contribution in [3.63, 3.8) is 0 Å². The third kappa shape index (κ3) is 1.50. The van der Waals surface area contributed by atoms with E-state index in [1.54, 1.807) is 6.92 Å². The molecular weight excluding hydrogens is 161 g/mol. The number of thiophene rings is 1. The summed E-state index contributed by atoms with van der Waals surface area (Å²) in [5.74, 6) is 0. The van der Waals surface area contributed by atoms with Gasteiger partial charge in [-0.3, -0.25) is 0 Å². The van der Waals surface area contributed by atoms with Crippen LogP contribution in [0.3, 0.4) is 0 Å². The van der Waals surface area contributed by atoms with Crippen LogP contribution in [-0.2, 0) is 6.18 Å². The Morgan fingerprint density at radius 2 is 2.10 bits per heavy atom. The first-order valence-corrected chi connectivity index (χ1v) is 3.37. The Kier molecular flexibility index (Phi) is 1.72. The fourth-order valence-corrected chi connectivity index (χ4v) is 1.20. The molecule has 0 bridgehead atoms. The fourth-order valence-electron chi connectivity index (χ4n) is 0.527. The van der Waals surface area contributed by atoms with Crippen molar-refractivity contribution in [1.82, 2.24) is 0 Å². The molecule has 1 aromatic heterocycles. The molecule has 1 rings (SSSR count). The minimum Gasteiger partial charge on any atom is -0.165 e. The summed E-state index contributed by atoms with van der Waals surface area (Å²) in [4.78, 5) is -0.0164. The van der Waals surface area contributed by atoms with E-state index < -0.39 is 11.1 Å². The third-order valence-electron chi connectivity index (χ3n) is 0.927. The molecule has 10 heavy (non-hydrogen) atoms. The molecule has 0 fully saturated rings. The summed E-state index contributed by atoms with van der Waals surface area (Å²) in [5, 5.41) is 0. The van der Waals surface area contributed by atoms with Crippen LogP contribution in [0.4, 0.5) is 13.2 Å². The second-order valence-electron chi connectivity index (χ2n) is 1.83. The van der Waals surface area contributed by atoms with Gasteiger partial charge in [-0.15, -0.1) is 11.3 Å². The van der Waals surface area contributed by atoms with Crippen molar-refractivity contribution >= 4 is 11.3 Å². The molecule has 0 atom stereocenters. The van der Waals surface area contributed by atoms with Crippen LogP contribution in [0.5, 0.6) is 0 Å². The van der Waals surface area contributed by atoms with Crippen LogP contribution in [0.1, 0.15) is 9.75 Å². The SMILES string of the molecule is Cc1c[c]c(C(F)(F)F)s1. The molecule has 1 aromatic rings. The van der Waals surface area contributed by atoms with Crippen molar-refractivity contribution in [3.05, 3.63) is 21.9 Å². The van der Waals surface area contributed by atoms with E-state index in [0.29, 0.717) is 16.2 Å². The molecule has 0 aliphatic rings. The summed E-state index contributed by atoms with van der Waals surface area (Å²) in [5.41, 5.74) is 0. The number of hydrogen-bond donors (Lipinski definition) is 0. The summed E-state index contributed by atoms with van der Waals surface area (Å²) >= 11 is 0.714. The van der Waals surface area contributed by atoms with Crippen molar-refractivity contribution in [2.24, 2.45) is 0 Å². The highest BCUT2D eigenvalue weighted by atomic mass is 32.1. The molecule has 0 N–H and O–H groups in total. The fraction of sp³-hybridized carbons (Fsp3) is 0.333. The smallest absolute Gasteiger partial charge is 0.165 e. The van der Waals surface area contributed by atoms with Gasteiger partial charge in [-0.05, 0) is 13.0 Å². The number of alkyl halides is 3. The number of halogens is 3. The highest BCUT2D eigenvalue weighted by molar-refractivity contribution is 7.11. The highest BCUT2D eigenvalue weighted by Crippen LogP contribution is 2.33. The largest absolute Gasteiger partial charge is 0.426 e. The van der Waals surface area contributed by atoms with Crippen molar-refractivity contribution in [3.8, 4) is 0 Å². The van der Waals surface area contributed by atoms with Gasteiger partial charge in [0.15, 0.2) is 0 Å². The molecule has 1 radical (unpaired) electrons. The van der Waals surface area contributed by atoms with E-state index in [4.69, 9.17) is 0 Å². The lowest BCUT2D eigenvalue weighted by atomic mass is 10.4. The van der Waals surface area contributed by atoms with E-state index >= 15 is 0 Å². The zero-order valence-electron chi connectivity index (χ0n) is 5.12. The second kappa shape index (κ2) is 2.27. The van der Waals surface area contributed by atoms with Crippen LogP contribution in [0.15, 0.2) is 6.07 Å². The van der Waals surface area contributed by atoms with Gasteiger partial charge in [-0.1, -0.05) is 0 Å². The monoisotopic (exact) mass is 165 g/mol. The first-order valence-electron chi connectivity index (χ1n) is 2.55. The zero-order valence-corrected chi connectivity index (χ0v) is 5.94. The van der Waals surface area contributed by atoms with Gasteiger partial charge >= 0.3 is 6.18 Å². The molecule has 0 unspecified atom stereocenters. The topological polar surface area (TPSA) is 0 Å². The minimum absolute atomic E-state index is 0.632. The summed E-state index contributed by atoms with van der Waals surface area (Å²) in [6, 6.07) is 3.48. The average Bonchev–Trinajstić information content (AvgIpc) is 2.11. The van der Waals surface area contributed by atoms with Gasteiger partial charge in [0.05, 0.1) is 0 Å². The molecule has 0 nitrogen and oxygen atoms in total. The maximum absolute atomic E-state index is 11.8. The number of hydrogen-bond acceptors (Lipinski definition) is 1. The summed E-state index contributed by atoms with van der Waals surface area (Å²) in [6.45, 7) is 1.62. The van der Waals surface area contributed by atoms with Crippen LogP contribution in [-0.4, -0.2) is 0 Å². The van der Waals surface area contributed by atoms with Crippen LogP contribution >= 0.6 is 11.3 Å².